The van der Waals surface area contributed by atoms with Gasteiger partial charge in [-0.25, -0.2) is 0 Å². The van der Waals surface area contributed by atoms with Crippen molar-refractivity contribution in [1.29, 1.82) is 0 Å². The van der Waals surface area contributed by atoms with Crippen molar-refractivity contribution in [2.45, 2.75) is 29.1 Å². The molecule has 1 amide bonds. The first-order valence-corrected chi connectivity index (χ1v) is 10.3. The van der Waals surface area contributed by atoms with Crippen LogP contribution in [0.4, 0.5) is 0 Å². The number of hydrogen-bond donors (Lipinski definition) is 1. The lowest BCUT2D eigenvalue weighted by atomic mass is 10.2. The molecule has 0 saturated carbocycles. The molecule has 24 heavy (non-hydrogen) atoms. The van der Waals surface area contributed by atoms with Crippen molar-refractivity contribution in [3.63, 3.8) is 0 Å². The summed E-state index contributed by atoms with van der Waals surface area (Å²) in [6.07, 6.45) is 0. The van der Waals surface area contributed by atoms with Gasteiger partial charge in [-0.3, -0.25) is 4.79 Å². The first-order chi connectivity index (χ1) is 11.6. The van der Waals surface area contributed by atoms with Crippen molar-refractivity contribution in [1.82, 2.24) is 15.5 Å². The first-order valence-electron chi connectivity index (χ1n) is 7.55. The number of carbonyl (C=O) groups excluding carboxylic acids is 1. The Hall–Kier alpha value is -1.25. The molecular formula is C16H21N3O2S3. The number of ether oxygens (including phenoxy) is 1. The molecule has 1 aromatic heterocycles. The van der Waals surface area contributed by atoms with Crippen molar-refractivity contribution in [3.8, 4) is 5.75 Å². The molecule has 0 fully saturated rings. The largest absolute Gasteiger partial charge is 0.497 e. The van der Waals surface area contributed by atoms with Crippen LogP contribution in [0.2, 0.25) is 0 Å². The zero-order valence-electron chi connectivity index (χ0n) is 13.9. The highest BCUT2D eigenvalue weighted by molar-refractivity contribution is 8.03. The third-order valence-electron chi connectivity index (χ3n) is 2.90. The van der Waals surface area contributed by atoms with Gasteiger partial charge in [0, 0.05) is 12.3 Å². The number of methoxy groups -OCH3 is 1. The second-order valence-electron chi connectivity index (χ2n) is 5.45. The van der Waals surface area contributed by atoms with Crippen LogP contribution in [0.5, 0.6) is 5.75 Å². The Labute approximate surface area is 155 Å². The van der Waals surface area contributed by atoms with Crippen molar-refractivity contribution in [2.75, 3.05) is 18.6 Å². The molecule has 0 aliphatic heterocycles. The summed E-state index contributed by atoms with van der Waals surface area (Å²) < 4.78 is 6.91. The quantitative estimate of drug-likeness (QED) is 0.666. The smallest absolute Gasteiger partial charge is 0.230 e. The van der Waals surface area contributed by atoms with E-state index < -0.39 is 0 Å². The van der Waals surface area contributed by atoms with E-state index in [0.717, 1.165) is 25.7 Å². The number of aromatic nitrogens is 2. The van der Waals surface area contributed by atoms with Crippen LogP contribution >= 0.6 is 34.9 Å². The normalized spacial score (nSPS) is 10.8. The maximum Gasteiger partial charge on any atom is 0.230 e. The molecule has 8 heteroatoms. The highest BCUT2D eigenvalue weighted by Crippen LogP contribution is 2.29. The van der Waals surface area contributed by atoms with E-state index in [-0.39, 0.29) is 5.91 Å². The van der Waals surface area contributed by atoms with E-state index in [9.17, 15) is 4.79 Å². The Morgan fingerprint density at radius 3 is 2.50 bits per heavy atom. The molecule has 1 aromatic carbocycles. The van der Waals surface area contributed by atoms with E-state index in [1.165, 1.54) is 11.8 Å². The van der Waals surface area contributed by atoms with Gasteiger partial charge in [0.15, 0.2) is 8.68 Å². The molecule has 0 saturated heterocycles. The lowest BCUT2D eigenvalue weighted by molar-refractivity contribution is -0.118. The van der Waals surface area contributed by atoms with E-state index >= 15 is 0 Å². The van der Waals surface area contributed by atoms with Crippen LogP contribution in [0.1, 0.15) is 19.4 Å². The van der Waals surface area contributed by atoms with Gasteiger partial charge in [-0.15, -0.1) is 10.2 Å². The van der Waals surface area contributed by atoms with Crippen molar-refractivity contribution < 1.29 is 9.53 Å². The number of thioether (sulfide) groups is 2. The number of amides is 1. The minimum Gasteiger partial charge on any atom is -0.497 e. The highest BCUT2D eigenvalue weighted by atomic mass is 32.2. The van der Waals surface area contributed by atoms with Gasteiger partial charge >= 0.3 is 0 Å². The van der Waals surface area contributed by atoms with Gasteiger partial charge < -0.3 is 10.1 Å². The molecule has 0 atom stereocenters. The molecule has 2 rings (SSSR count). The van der Waals surface area contributed by atoms with Crippen LogP contribution in [0.3, 0.4) is 0 Å². The summed E-state index contributed by atoms with van der Waals surface area (Å²) in [6, 6.07) is 7.64. The van der Waals surface area contributed by atoms with Gasteiger partial charge in [-0.2, -0.15) is 0 Å². The number of carbonyl (C=O) groups is 1. The van der Waals surface area contributed by atoms with Gasteiger partial charge in [0.1, 0.15) is 5.75 Å². The van der Waals surface area contributed by atoms with E-state index in [1.807, 2.05) is 24.3 Å². The minimum atomic E-state index is -0.0117. The fraction of sp³-hybridized carbons (Fsp3) is 0.438. The molecule has 130 valence electrons. The molecule has 0 aliphatic rings. The van der Waals surface area contributed by atoms with Crippen LogP contribution in [-0.4, -0.2) is 34.7 Å². The number of hydrogen-bond acceptors (Lipinski definition) is 7. The molecule has 0 spiro atoms. The maximum atomic E-state index is 11.9. The summed E-state index contributed by atoms with van der Waals surface area (Å²) in [4.78, 5) is 11.9. The highest BCUT2D eigenvalue weighted by Gasteiger charge is 2.09. The molecule has 0 unspecified atom stereocenters. The van der Waals surface area contributed by atoms with Crippen molar-refractivity contribution in [2.24, 2.45) is 5.92 Å². The van der Waals surface area contributed by atoms with Gasteiger partial charge in [0.2, 0.25) is 5.91 Å². The summed E-state index contributed by atoms with van der Waals surface area (Å²) in [5.41, 5.74) is 1.04. The average Bonchev–Trinajstić information content (AvgIpc) is 3.04. The molecular weight excluding hydrogens is 362 g/mol. The summed E-state index contributed by atoms with van der Waals surface area (Å²) >= 11 is 4.68. The predicted molar refractivity (Wildman–Crippen MR) is 101 cm³/mol. The number of nitrogens with zero attached hydrogens (tertiary/aromatic N) is 2. The Kier molecular flexibility index (Phi) is 7.87. The van der Waals surface area contributed by atoms with E-state index in [4.69, 9.17) is 4.74 Å². The van der Waals surface area contributed by atoms with E-state index in [0.29, 0.717) is 18.2 Å². The van der Waals surface area contributed by atoms with Gasteiger partial charge in [-0.05, 0) is 23.6 Å². The fourth-order valence-electron chi connectivity index (χ4n) is 1.67. The number of rotatable bonds is 9. The Balaban J connectivity index is 1.70. The Bertz CT molecular complexity index is 644. The molecule has 1 heterocycles. The molecule has 0 bridgehead atoms. The van der Waals surface area contributed by atoms with Crippen LogP contribution < -0.4 is 10.1 Å². The average molecular weight is 384 g/mol. The summed E-state index contributed by atoms with van der Waals surface area (Å²) in [6.45, 7) is 4.86. The Morgan fingerprint density at radius 1 is 1.21 bits per heavy atom. The Morgan fingerprint density at radius 2 is 1.88 bits per heavy atom. The summed E-state index contributed by atoms with van der Waals surface area (Å²) in [7, 11) is 1.63. The third-order valence-corrected chi connectivity index (χ3v) is 6.52. The van der Waals surface area contributed by atoms with Gasteiger partial charge in [0.05, 0.1) is 12.9 Å². The van der Waals surface area contributed by atoms with Crippen LogP contribution in [0.15, 0.2) is 32.9 Å². The molecule has 0 radical (unpaired) electrons. The number of benzene rings is 1. The van der Waals surface area contributed by atoms with E-state index in [2.05, 4.69) is 29.4 Å². The second kappa shape index (κ2) is 9.90. The maximum absolute atomic E-state index is 11.9. The minimum absolute atomic E-state index is 0.0117. The van der Waals surface area contributed by atoms with Gasteiger partial charge in [-0.1, -0.05) is 60.8 Å². The molecule has 0 aliphatic carbocycles. The third kappa shape index (κ3) is 6.70. The van der Waals surface area contributed by atoms with Crippen LogP contribution in [0.25, 0.3) is 0 Å². The van der Waals surface area contributed by atoms with Gasteiger partial charge in [0.25, 0.3) is 0 Å². The molecule has 5 nitrogen and oxygen atoms in total. The zero-order chi connectivity index (χ0) is 17.4. The lowest BCUT2D eigenvalue weighted by Gasteiger charge is -2.05. The standard InChI is InChI=1S/C16H21N3O2S3/c1-11(2)9-22-15-18-19-16(24-15)23-10-14(20)17-8-12-4-6-13(21-3)7-5-12/h4-7,11H,8-10H2,1-3H3,(H,17,20). The number of nitrogens with one attached hydrogen (secondary N) is 1. The predicted octanol–water partition coefficient (Wildman–Crippen LogP) is 3.70. The monoisotopic (exact) mass is 383 g/mol. The lowest BCUT2D eigenvalue weighted by Crippen LogP contribution is -2.24. The van der Waals surface area contributed by atoms with Crippen molar-refractivity contribution in [3.05, 3.63) is 29.8 Å². The topological polar surface area (TPSA) is 64.1 Å². The second-order valence-corrected chi connectivity index (χ2v) is 8.92. The van der Waals surface area contributed by atoms with Crippen LogP contribution in [0, 0.1) is 5.92 Å². The molecule has 1 N–H and O–H groups in total. The fourth-order valence-corrected chi connectivity index (χ4v) is 4.50. The van der Waals surface area contributed by atoms with Crippen molar-refractivity contribution >= 4 is 40.8 Å². The van der Waals surface area contributed by atoms with E-state index in [1.54, 1.807) is 30.2 Å². The SMILES string of the molecule is COc1ccc(CNC(=O)CSc2nnc(SCC(C)C)s2)cc1. The summed E-state index contributed by atoms with van der Waals surface area (Å²) in [5.74, 6) is 2.80. The zero-order valence-corrected chi connectivity index (χ0v) is 16.4. The van der Waals surface area contributed by atoms with Crippen LogP contribution in [-0.2, 0) is 11.3 Å². The molecule has 2 aromatic rings. The summed E-state index contributed by atoms with van der Waals surface area (Å²) in [5, 5.41) is 11.2. The first kappa shape index (κ1) is 19.1.